The number of aliphatic hydroxyl groups excluding tert-OH is 1. The summed E-state index contributed by atoms with van der Waals surface area (Å²) in [4.78, 5) is 4.50. The van der Waals surface area contributed by atoms with E-state index in [1.54, 1.807) is 0 Å². The predicted octanol–water partition coefficient (Wildman–Crippen LogP) is 4.13. The van der Waals surface area contributed by atoms with Gasteiger partial charge in [-0.05, 0) is 60.6 Å². The second kappa shape index (κ2) is 6.49. The Balaban J connectivity index is 1.74. The van der Waals surface area contributed by atoms with Crippen molar-refractivity contribution in [3.05, 3.63) is 48.3 Å². The molecule has 1 aromatic heterocycles. The number of fused-ring (bicyclic) bond motifs is 1. The largest absolute Gasteiger partial charge is 0.396 e. The van der Waals surface area contributed by atoms with Crippen LogP contribution in [0.4, 0.5) is 5.82 Å². The minimum Gasteiger partial charge on any atom is -0.396 e. The maximum Gasteiger partial charge on any atom is 0.130 e. The van der Waals surface area contributed by atoms with Crippen LogP contribution in [-0.4, -0.2) is 16.7 Å². The molecule has 116 valence electrons. The Morgan fingerprint density at radius 1 is 1.36 bits per heavy atom. The van der Waals surface area contributed by atoms with Gasteiger partial charge in [-0.3, -0.25) is 0 Å². The number of nitrogens with zero attached hydrogens (tertiary/aromatic N) is 1. The molecule has 1 heterocycles. The fourth-order valence-electron chi connectivity index (χ4n) is 2.81. The zero-order chi connectivity index (χ0) is 15.5. The maximum absolute atomic E-state index is 9.01. The fraction of sp³-hybridized carbons (Fsp3) is 0.421. The summed E-state index contributed by atoms with van der Waals surface area (Å²) in [5.41, 5.74) is 2.39. The first kappa shape index (κ1) is 15.0. The van der Waals surface area contributed by atoms with Crippen LogP contribution in [0.1, 0.15) is 31.7 Å². The Morgan fingerprint density at radius 3 is 2.91 bits per heavy atom. The molecule has 2 N–H and O–H groups in total. The van der Waals surface area contributed by atoms with Gasteiger partial charge in [0.25, 0.3) is 0 Å². The number of anilines is 1. The van der Waals surface area contributed by atoms with Crippen LogP contribution < -0.4 is 5.32 Å². The van der Waals surface area contributed by atoms with Gasteiger partial charge in [-0.15, -0.1) is 0 Å². The minimum atomic E-state index is 0.260. The molecule has 1 saturated carbocycles. The van der Waals surface area contributed by atoms with Crippen LogP contribution in [-0.2, 0) is 6.42 Å². The van der Waals surface area contributed by atoms with Gasteiger partial charge in [-0.25, -0.2) is 4.98 Å². The highest BCUT2D eigenvalue weighted by Gasteiger charge is 2.24. The monoisotopic (exact) mass is 296 g/mol. The zero-order valence-electron chi connectivity index (χ0n) is 13.2. The van der Waals surface area contributed by atoms with E-state index in [-0.39, 0.29) is 6.61 Å². The third-order valence-corrected chi connectivity index (χ3v) is 4.35. The summed E-state index contributed by atoms with van der Waals surface area (Å²) in [6.07, 6.45) is 6.26. The van der Waals surface area contributed by atoms with Crippen LogP contribution in [0.3, 0.4) is 0 Å². The molecule has 0 bridgehead atoms. The quantitative estimate of drug-likeness (QED) is 0.807. The summed E-state index contributed by atoms with van der Waals surface area (Å²) in [7, 11) is 0. The maximum atomic E-state index is 9.01. The Morgan fingerprint density at radius 2 is 2.18 bits per heavy atom. The van der Waals surface area contributed by atoms with Crippen LogP contribution in [0.5, 0.6) is 0 Å². The lowest BCUT2D eigenvalue weighted by Gasteiger charge is -2.11. The number of aromatic nitrogens is 1. The normalized spacial score (nSPS) is 15.7. The molecular formula is C19H24N2O. The van der Waals surface area contributed by atoms with Gasteiger partial charge >= 0.3 is 0 Å². The number of benzene rings is 1. The average Bonchev–Trinajstić information content (AvgIpc) is 3.32. The van der Waals surface area contributed by atoms with Gasteiger partial charge in [0.15, 0.2) is 0 Å². The van der Waals surface area contributed by atoms with E-state index >= 15 is 0 Å². The topological polar surface area (TPSA) is 45.1 Å². The molecule has 1 aliphatic rings. The SMILES string of the molecule is C=C(Nc1cc2ccc(CC(C)CCO)cc2cn1)C1CC1. The van der Waals surface area contributed by atoms with Crippen LogP contribution >= 0.6 is 0 Å². The molecule has 3 nitrogen and oxygen atoms in total. The molecule has 2 aromatic rings. The first-order valence-corrected chi connectivity index (χ1v) is 8.11. The van der Waals surface area contributed by atoms with E-state index in [1.807, 2.05) is 6.20 Å². The third-order valence-electron chi connectivity index (χ3n) is 4.35. The summed E-state index contributed by atoms with van der Waals surface area (Å²) in [6.45, 7) is 6.52. The lowest BCUT2D eigenvalue weighted by atomic mass is 9.97. The molecule has 0 saturated heterocycles. The summed E-state index contributed by atoms with van der Waals surface area (Å²) < 4.78 is 0. The third kappa shape index (κ3) is 3.66. The van der Waals surface area contributed by atoms with Gasteiger partial charge in [-0.2, -0.15) is 0 Å². The molecule has 0 amide bonds. The number of hydrogen-bond donors (Lipinski definition) is 2. The van der Waals surface area contributed by atoms with E-state index in [9.17, 15) is 0 Å². The van der Waals surface area contributed by atoms with Crippen LogP contribution in [0, 0.1) is 11.8 Å². The van der Waals surface area contributed by atoms with Gasteiger partial charge in [0, 0.05) is 23.9 Å². The van der Waals surface area contributed by atoms with E-state index < -0.39 is 0 Å². The minimum absolute atomic E-state index is 0.260. The number of nitrogens with one attached hydrogen (secondary N) is 1. The zero-order valence-corrected chi connectivity index (χ0v) is 13.2. The molecule has 0 aliphatic heterocycles. The number of aliphatic hydroxyl groups is 1. The molecule has 3 rings (SSSR count). The van der Waals surface area contributed by atoms with Crippen molar-refractivity contribution in [2.24, 2.45) is 11.8 Å². The van der Waals surface area contributed by atoms with E-state index in [0.29, 0.717) is 11.8 Å². The highest BCUT2D eigenvalue weighted by Crippen LogP contribution is 2.35. The van der Waals surface area contributed by atoms with Crippen LogP contribution in [0.15, 0.2) is 42.7 Å². The van der Waals surface area contributed by atoms with Gasteiger partial charge in [-0.1, -0.05) is 25.6 Å². The standard InChI is InChI=1S/C19H24N2O/c1-13(7-8-22)9-15-3-4-17-11-19(20-12-18(17)10-15)21-14(2)16-5-6-16/h3-4,10-13,16,22H,2,5-9H2,1H3,(H,20,21). The number of rotatable bonds is 7. The Kier molecular flexibility index (Phi) is 4.44. The van der Waals surface area contributed by atoms with Gasteiger partial charge in [0.1, 0.15) is 5.82 Å². The molecule has 1 fully saturated rings. The Bertz CT molecular complexity index is 676. The summed E-state index contributed by atoms with van der Waals surface area (Å²) in [6, 6.07) is 8.62. The van der Waals surface area contributed by atoms with Crippen LogP contribution in [0.2, 0.25) is 0 Å². The summed E-state index contributed by atoms with van der Waals surface area (Å²) in [5, 5.41) is 14.7. The first-order valence-electron chi connectivity index (χ1n) is 8.11. The highest BCUT2D eigenvalue weighted by molar-refractivity contribution is 5.84. The first-order chi connectivity index (χ1) is 10.7. The van der Waals surface area contributed by atoms with Crippen molar-refractivity contribution in [2.75, 3.05) is 11.9 Å². The van der Waals surface area contributed by atoms with Crippen molar-refractivity contribution < 1.29 is 5.11 Å². The molecule has 1 aromatic carbocycles. The lowest BCUT2D eigenvalue weighted by Crippen LogP contribution is -2.03. The van der Waals surface area contributed by atoms with Crippen molar-refractivity contribution in [2.45, 2.75) is 32.6 Å². The van der Waals surface area contributed by atoms with Gasteiger partial charge < -0.3 is 10.4 Å². The number of allylic oxidation sites excluding steroid dienone is 1. The molecule has 3 heteroatoms. The van der Waals surface area contributed by atoms with Gasteiger partial charge in [0.2, 0.25) is 0 Å². The summed E-state index contributed by atoms with van der Waals surface area (Å²) >= 11 is 0. The second-order valence-electron chi connectivity index (χ2n) is 6.50. The van der Waals surface area contributed by atoms with Crippen molar-refractivity contribution in [1.82, 2.24) is 4.98 Å². The van der Waals surface area contributed by atoms with E-state index in [0.717, 1.165) is 29.7 Å². The van der Waals surface area contributed by atoms with E-state index in [1.165, 1.54) is 23.8 Å². The second-order valence-corrected chi connectivity index (χ2v) is 6.50. The van der Waals surface area contributed by atoms with E-state index in [4.69, 9.17) is 5.11 Å². The molecule has 1 aliphatic carbocycles. The fourth-order valence-corrected chi connectivity index (χ4v) is 2.81. The lowest BCUT2D eigenvalue weighted by molar-refractivity contribution is 0.262. The Hall–Kier alpha value is -1.87. The highest BCUT2D eigenvalue weighted by atomic mass is 16.3. The van der Waals surface area contributed by atoms with Gasteiger partial charge in [0.05, 0.1) is 0 Å². The predicted molar refractivity (Wildman–Crippen MR) is 91.8 cm³/mol. The number of hydrogen-bond acceptors (Lipinski definition) is 3. The molecule has 0 spiro atoms. The molecule has 0 radical (unpaired) electrons. The smallest absolute Gasteiger partial charge is 0.130 e. The van der Waals surface area contributed by atoms with Crippen molar-refractivity contribution in [3.8, 4) is 0 Å². The van der Waals surface area contributed by atoms with Crippen molar-refractivity contribution in [3.63, 3.8) is 0 Å². The molecule has 22 heavy (non-hydrogen) atoms. The molecular weight excluding hydrogens is 272 g/mol. The molecule has 1 unspecified atom stereocenters. The van der Waals surface area contributed by atoms with Crippen molar-refractivity contribution in [1.29, 1.82) is 0 Å². The summed E-state index contributed by atoms with van der Waals surface area (Å²) in [5.74, 6) is 2.01. The van der Waals surface area contributed by atoms with Crippen LogP contribution in [0.25, 0.3) is 10.8 Å². The number of pyridine rings is 1. The average molecular weight is 296 g/mol. The van der Waals surface area contributed by atoms with Crippen molar-refractivity contribution >= 4 is 16.6 Å². The molecule has 1 atom stereocenters. The van der Waals surface area contributed by atoms with E-state index in [2.05, 4.69) is 48.1 Å². The Labute approximate surface area is 132 Å².